The first-order chi connectivity index (χ1) is 5.89. The van der Waals surface area contributed by atoms with Crippen LogP contribution >= 0.6 is 0 Å². The van der Waals surface area contributed by atoms with Crippen molar-refractivity contribution in [2.75, 3.05) is 5.75 Å². The van der Waals surface area contributed by atoms with Crippen molar-refractivity contribution in [2.45, 2.75) is 19.4 Å². The van der Waals surface area contributed by atoms with Crippen molar-refractivity contribution in [3.8, 4) is 0 Å². The fraction of sp³-hybridized carbons (Fsp3) is 0.571. The molecule has 0 rings (SSSR count). The van der Waals surface area contributed by atoms with Gasteiger partial charge in [0.1, 0.15) is 0 Å². The number of carbonyl (C=O) groups is 1. The summed E-state index contributed by atoms with van der Waals surface area (Å²) in [6.07, 6.45) is 1.48. The molecule has 78 valence electrons. The van der Waals surface area contributed by atoms with Gasteiger partial charge in [-0.2, -0.15) is 8.42 Å². The fourth-order valence-electron chi connectivity index (χ4n) is 0.776. The van der Waals surface area contributed by atoms with Crippen LogP contribution < -0.4 is 5.32 Å². The summed E-state index contributed by atoms with van der Waals surface area (Å²) in [5.74, 6) is -0.918. The number of nitrogens with one attached hydrogen (secondary N) is 1. The van der Waals surface area contributed by atoms with Gasteiger partial charge in [0.2, 0.25) is 5.91 Å². The van der Waals surface area contributed by atoms with Crippen molar-refractivity contribution in [1.82, 2.24) is 5.32 Å². The van der Waals surface area contributed by atoms with Gasteiger partial charge >= 0.3 is 51.4 Å². The summed E-state index contributed by atoms with van der Waals surface area (Å²) in [4.78, 5) is 10.8. The van der Waals surface area contributed by atoms with Gasteiger partial charge in [-0.25, -0.2) is 0 Å². The Bertz CT molecular complexity index is 288. The maximum atomic E-state index is 10.8. The summed E-state index contributed by atoms with van der Waals surface area (Å²) in [5, 5.41) is 2.38. The Kier molecular flexibility index (Phi) is 9.77. The van der Waals surface area contributed by atoms with Gasteiger partial charge in [-0.1, -0.05) is 13.5 Å². The molecule has 0 radical (unpaired) electrons. The van der Waals surface area contributed by atoms with E-state index in [-0.39, 0.29) is 51.4 Å². The Hall–Kier alpha value is 0.756. The summed E-state index contributed by atoms with van der Waals surface area (Å²) in [7, 11) is -4.04. The molecular formula is C7H14KNO4S. The van der Waals surface area contributed by atoms with E-state index in [9.17, 15) is 13.2 Å². The van der Waals surface area contributed by atoms with Crippen molar-refractivity contribution in [3.05, 3.63) is 12.7 Å². The Morgan fingerprint density at radius 2 is 2.14 bits per heavy atom. The first-order valence-corrected chi connectivity index (χ1v) is 5.38. The average molecular weight is 247 g/mol. The van der Waals surface area contributed by atoms with Gasteiger partial charge in [0, 0.05) is 6.04 Å². The molecule has 5 nitrogen and oxygen atoms in total. The SMILES string of the molecule is C=CC(=O)NC(CC)CS(=O)(=O)O.[KH]. The Balaban J connectivity index is 0. The molecule has 1 amide bonds. The van der Waals surface area contributed by atoms with Crippen LogP contribution in [-0.2, 0) is 14.9 Å². The Labute approximate surface area is 127 Å². The van der Waals surface area contributed by atoms with E-state index in [1.807, 2.05) is 0 Å². The van der Waals surface area contributed by atoms with E-state index in [1.54, 1.807) is 6.92 Å². The molecule has 14 heavy (non-hydrogen) atoms. The van der Waals surface area contributed by atoms with E-state index < -0.39 is 27.8 Å². The summed E-state index contributed by atoms with van der Waals surface area (Å²) in [5.41, 5.74) is 0. The molecule has 1 unspecified atom stereocenters. The topological polar surface area (TPSA) is 83.5 Å². The molecule has 0 fully saturated rings. The Morgan fingerprint density at radius 3 is 2.43 bits per heavy atom. The third-order valence-electron chi connectivity index (χ3n) is 1.44. The predicted octanol–water partition coefficient (Wildman–Crippen LogP) is -0.693. The fourth-order valence-corrected chi connectivity index (χ4v) is 1.60. The average Bonchev–Trinajstić information content (AvgIpc) is 2.00. The first-order valence-electron chi connectivity index (χ1n) is 3.77. The minimum atomic E-state index is -4.04. The van der Waals surface area contributed by atoms with E-state index >= 15 is 0 Å². The van der Waals surface area contributed by atoms with Gasteiger partial charge in [-0.3, -0.25) is 9.35 Å². The van der Waals surface area contributed by atoms with Crippen molar-refractivity contribution in [1.29, 1.82) is 0 Å². The van der Waals surface area contributed by atoms with Gasteiger partial charge in [-0.15, -0.1) is 0 Å². The second-order valence-corrected chi connectivity index (χ2v) is 4.06. The molecule has 0 saturated heterocycles. The van der Waals surface area contributed by atoms with Crippen LogP contribution in [0.25, 0.3) is 0 Å². The molecule has 2 N–H and O–H groups in total. The van der Waals surface area contributed by atoms with Crippen LogP contribution in [0.3, 0.4) is 0 Å². The van der Waals surface area contributed by atoms with E-state index in [4.69, 9.17) is 4.55 Å². The third kappa shape index (κ3) is 9.32. The maximum absolute atomic E-state index is 10.8. The zero-order valence-electron chi connectivity index (χ0n) is 7.36. The molecule has 7 heteroatoms. The van der Waals surface area contributed by atoms with Crippen molar-refractivity contribution in [2.24, 2.45) is 0 Å². The standard InChI is InChI=1S/C7H13NO4S.K.H/c1-3-6(5-13(10,11)12)8-7(9)4-2;;/h4,6H,2-3,5H2,1H3,(H,8,9)(H,10,11,12);;. The number of rotatable bonds is 5. The molecule has 0 spiro atoms. The second kappa shape index (κ2) is 7.97. The summed E-state index contributed by atoms with van der Waals surface area (Å²) in [6.45, 7) is 4.93. The van der Waals surface area contributed by atoms with Gasteiger partial charge in [0.05, 0.1) is 5.75 Å². The molecule has 0 aliphatic rings. The summed E-state index contributed by atoms with van der Waals surface area (Å²) >= 11 is 0. The van der Waals surface area contributed by atoms with Crippen LogP contribution in [-0.4, -0.2) is 82.1 Å². The van der Waals surface area contributed by atoms with Crippen LogP contribution in [0, 0.1) is 0 Å². The zero-order valence-corrected chi connectivity index (χ0v) is 8.17. The normalized spacial score (nSPS) is 12.4. The number of carbonyl (C=O) groups excluding carboxylic acids is 1. The molecular weight excluding hydrogens is 233 g/mol. The molecule has 0 aromatic rings. The number of amides is 1. The monoisotopic (exact) mass is 247 g/mol. The minimum absolute atomic E-state index is 0. The zero-order chi connectivity index (χ0) is 10.5. The van der Waals surface area contributed by atoms with Gasteiger partial charge < -0.3 is 5.32 Å². The van der Waals surface area contributed by atoms with Gasteiger partial charge in [0.25, 0.3) is 10.1 Å². The predicted molar refractivity (Wildman–Crippen MR) is 56.0 cm³/mol. The molecule has 0 aliphatic carbocycles. The van der Waals surface area contributed by atoms with Crippen LogP contribution in [0.1, 0.15) is 13.3 Å². The number of hydrogen-bond acceptors (Lipinski definition) is 3. The van der Waals surface area contributed by atoms with E-state index in [2.05, 4.69) is 11.9 Å². The molecule has 0 bridgehead atoms. The molecule has 0 aromatic heterocycles. The second-order valence-electron chi connectivity index (χ2n) is 2.57. The van der Waals surface area contributed by atoms with Crippen molar-refractivity contribution < 1.29 is 17.8 Å². The van der Waals surface area contributed by atoms with Crippen molar-refractivity contribution in [3.63, 3.8) is 0 Å². The van der Waals surface area contributed by atoms with Gasteiger partial charge in [-0.05, 0) is 12.5 Å². The Morgan fingerprint density at radius 1 is 1.64 bits per heavy atom. The molecule has 0 heterocycles. The molecule has 0 aliphatic heterocycles. The van der Waals surface area contributed by atoms with Gasteiger partial charge in [0.15, 0.2) is 0 Å². The summed E-state index contributed by atoms with van der Waals surface area (Å²) < 4.78 is 29.4. The van der Waals surface area contributed by atoms with Crippen LogP contribution in [0.4, 0.5) is 0 Å². The molecule has 0 saturated carbocycles. The van der Waals surface area contributed by atoms with Crippen LogP contribution in [0.15, 0.2) is 12.7 Å². The summed E-state index contributed by atoms with van der Waals surface area (Å²) in [6, 6.07) is -0.569. The first kappa shape index (κ1) is 17.2. The van der Waals surface area contributed by atoms with Crippen LogP contribution in [0.5, 0.6) is 0 Å². The molecule has 0 aromatic carbocycles. The third-order valence-corrected chi connectivity index (χ3v) is 2.26. The van der Waals surface area contributed by atoms with E-state index in [1.165, 1.54) is 0 Å². The van der Waals surface area contributed by atoms with E-state index in [0.29, 0.717) is 6.42 Å². The van der Waals surface area contributed by atoms with Crippen LogP contribution in [0.2, 0.25) is 0 Å². The van der Waals surface area contributed by atoms with Crippen molar-refractivity contribution >= 4 is 67.4 Å². The number of hydrogen-bond donors (Lipinski definition) is 2. The van der Waals surface area contributed by atoms with E-state index in [0.717, 1.165) is 6.08 Å². The quantitative estimate of drug-likeness (QED) is 0.382. The molecule has 1 atom stereocenters.